The fourth-order valence-electron chi connectivity index (χ4n) is 4.76. The van der Waals surface area contributed by atoms with Crippen molar-refractivity contribution in [1.29, 1.82) is 0 Å². The molecule has 0 saturated carbocycles. The fourth-order valence-corrected chi connectivity index (χ4v) is 4.76. The van der Waals surface area contributed by atoms with Crippen LogP contribution in [0.3, 0.4) is 0 Å². The zero-order valence-electron chi connectivity index (χ0n) is 18.6. The number of hydrogen-bond acceptors (Lipinski definition) is 4. The van der Waals surface area contributed by atoms with E-state index in [1.165, 1.54) is 19.3 Å². The number of aromatic nitrogens is 4. The van der Waals surface area contributed by atoms with Crippen molar-refractivity contribution >= 4 is 22.4 Å². The van der Waals surface area contributed by atoms with Gasteiger partial charge in [0.05, 0.1) is 16.6 Å². The summed E-state index contributed by atoms with van der Waals surface area (Å²) in [6, 6.07) is 22.2. The molecule has 1 aliphatic heterocycles. The molecule has 0 radical (unpaired) electrons. The molecule has 0 amide bonds. The van der Waals surface area contributed by atoms with Gasteiger partial charge in [0.25, 0.3) is 5.56 Å². The van der Waals surface area contributed by atoms with Gasteiger partial charge in [0, 0.05) is 43.5 Å². The van der Waals surface area contributed by atoms with E-state index in [2.05, 4.69) is 17.0 Å². The normalized spacial score (nSPS) is 14.3. The van der Waals surface area contributed by atoms with Crippen LogP contribution in [0.5, 0.6) is 0 Å². The molecule has 0 N–H and O–H groups in total. The molecular weight excluding hydrogens is 410 g/mol. The lowest BCUT2D eigenvalue weighted by Crippen LogP contribution is -2.29. The van der Waals surface area contributed by atoms with Gasteiger partial charge in [-0.2, -0.15) is 5.10 Å². The molecule has 1 aliphatic rings. The van der Waals surface area contributed by atoms with E-state index in [9.17, 15) is 4.79 Å². The summed E-state index contributed by atoms with van der Waals surface area (Å²) in [6.07, 6.45) is 5.70. The number of anilines is 1. The molecule has 0 atom stereocenters. The number of piperidine rings is 1. The summed E-state index contributed by atoms with van der Waals surface area (Å²) < 4.78 is 3.54. The molecule has 0 unspecified atom stereocenters. The summed E-state index contributed by atoms with van der Waals surface area (Å²) in [5.41, 5.74) is 5.46. The van der Waals surface area contributed by atoms with Gasteiger partial charge in [-0.05, 0) is 49.1 Å². The molecular formula is C27H25N5O. The van der Waals surface area contributed by atoms with Gasteiger partial charge in [-0.1, -0.05) is 36.4 Å². The molecule has 33 heavy (non-hydrogen) atoms. The van der Waals surface area contributed by atoms with Crippen LogP contribution < -0.4 is 10.5 Å². The summed E-state index contributed by atoms with van der Waals surface area (Å²) in [5.74, 6) is 1.04. The molecule has 5 aromatic rings. The van der Waals surface area contributed by atoms with Crippen LogP contribution in [0.15, 0.2) is 77.7 Å². The number of aryl methyl sites for hydroxylation is 1. The highest BCUT2D eigenvalue weighted by atomic mass is 16.1. The molecule has 6 rings (SSSR count). The van der Waals surface area contributed by atoms with Crippen molar-refractivity contribution in [1.82, 2.24) is 19.2 Å². The van der Waals surface area contributed by atoms with Gasteiger partial charge >= 0.3 is 0 Å². The number of rotatable bonds is 3. The van der Waals surface area contributed by atoms with Crippen molar-refractivity contribution in [2.24, 2.45) is 7.05 Å². The summed E-state index contributed by atoms with van der Waals surface area (Å²) in [5, 5.41) is 5.51. The van der Waals surface area contributed by atoms with Crippen LogP contribution in [0, 0.1) is 0 Å². The summed E-state index contributed by atoms with van der Waals surface area (Å²) >= 11 is 0. The zero-order valence-corrected chi connectivity index (χ0v) is 18.6. The predicted molar refractivity (Wildman–Crippen MR) is 133 cm³/mol. The Hall–Kier alpha value is -3.93. The van der Waals surface area contributed by atoms with Crippen LogP contribution in [0.1, 0.15) is 19.3 Å². The molecule has 2 aromatic carbocycles. The lowest BCUT2D eigenvalue weighted by Gasteiger charge is -2.27. The minimum atomic E-state index is -0.0258. The van der Waals surface area contributed by atoms with Crippen molar-refractivity contribution < 1.29 is 0 Å². The lowest BCUT2D eigenvalue weighted by molar-refractivity contribution is 0.573. The summed E-state index contributed by atoms with van der Waals surface area (Å²) in [7, 11) is 1.80. The number of pyridine rings is 1. The standard InChI is InChI=1S/C27H25N5O/c1-30-26-17-23(19-8-4-2-5-9-19)29-32(26)24-16-20(10-12-22(24)27(30)33)21-11-13-25(28-18-21)31-14-6-3-7-15-31/h2,4-5,8-13,16-18H,3,6-7,14-15H2,1H3. The van der Waals surface area contributed by atoms with Crippen LogP contribution >= 0.6 is 0 Å². The molecule has 164 valence electrons. The van der Waals surface area contributed by atoms with Crippen LogP contribution in [-0.2, 0) is 7.05 Å². The Morgan fingerprint density at radius 3 is 2.36 bits per heavy atom. The van der Waals surface area contributed by atoms with Gasteiger partial charge in [0.15, 0.2) is 0 Å². The Morgan fingerprint density at radius 1 is 0.818 bits per heavy atom. The van der Waals surface area contributed by atoms with E-state index >= 15 is 0 Å². The molecule has 1 saturated heterocycles. The minimum absolute atomic E-state index is 0.0258. The maximum absolute atomic E-state index is 13.1. The van der Waals surface area contributed by atoms with E-state index in [4.69, 9.17) is 10.1 Å². The Labute approximate surface area is 191 Å². The third-order valence-electron chi connectivity index (χ3n) is 6.63. The third-order valence-corrected chi connectivity index (χ3v) is 6.63. The predicted octanol–water partition coefficient (Wildman–Crippen LogP) is 4.91. The Bertz CT molecular complexity index is 1510. The maximum atomic E-state index is 13.1. The maximum Gasteiger partial charge on any atom is 0.261 e. The first-order valence-electron chi connectivity index (χ1n) is 11.5. The second kappa shape index (κ2) is 7.89. The number of benzene rings is 2. The first-order valence-corrected chi connectivity index (χ1v) is 11.5. The van der Waals surface area contributed by atoms with E-state index in [1.54, 1.807) is 11.6 Å². The van der Waals surface area contributed by atoms with Crippen molar-refractivity contribution in [3.8, 4) is 22.4 Å². The average molecular weight is 436 g/mol. The van der Waals surface area contributed by atoms with E-state index < -0.39 is 0 Å². The van der Waals surface area contributed by atoms with Gasteiger partial charge in [-0.15, -0.1) is 0 Å². The topological polar surface area (TPSA) is 55.4 Å². The van der Waals surface area contributed by atoms with Crippen molar-refractivity contribution in [3.63, 3.8) is 0 Å². The van der Waals surface area contributed by atoms with E-state index in [-0.39, 0.29) is 5.56 Å². The highest BCUT2D eigenvalue weighted by Gasteiger charge is 2.15. The quantitative estimate of drug-likeness (QED) is 0.404. The molecule has 6 heteroatoms. The first kappa shape index (κ1) is 19.7. The zero-order chi connectivity index (χ0) is 22.4. The SMILES string of the molecule is Cn1c(=O)c2ccc(-c3ccc(N4CCCCC4)nc3)cc2n2nc(-c3ccccc3)cc12. The lowest BCUT2D eigenvalue weighted by atomic mass is 10.1. The Morgan fingerprint density at radius 2 is 1.61 bits per heavy atom. The van der Waals surface area contributed by atoms with E-state index in [0.717, 1.165) is 52.5 Å². The molecule has 6 nitrogen and oxygen atoms in total. The van der Waals surface area contributed by atoms with E-state index in [1.807, 2.05) is 65.3 Å². The Kier molecular flexibility index (Phi) is 4.72. The molecule has 0 bridgehead atoms. The summed E-state index contributed by atoms with van der Waals surface area (Å²) in [6.45, 7) is 2.15. The molecule has 0 aliphatic carbocycles. The largest absolute Gasteiger partial charge is 0.357 e. The van der Waals surface area contributed by atoms with Gasteiger partial charge in [-0.25, -0.2) is 9.50 Å². The molecule has 0 spiro atoms. The monoisotopic (exact) mass is 435 g/mol. The van der Waals surface area contributed by atoms with Crippen molar-refractivity contribution in [2.45, 2.75) is 19.3 Å². The molecule has 4 heterocycles. The van der Waals surface area contributed by atoms with Crippen LogP contribution in [0.2, 0.25) is 0 Å². The minimum Gasteiger partial charge on any atom is -0.357 e. The van der Waals surface area contributed by atoms with Crippen molar-refractivity contribution in [2.75, 3.05) is 18.0 Å². The van der Waals surface area contributed by atoms with Crippen LogP contribution in [0.25, 0.3) is 38.9 Å². The van der Waals surface area contributed by atoms with Crippen LogP contribution in [-0.4, -0.2) is 32.3 Å². The average Bonchev–Trinajstić information content (AvgIpc) is 3.34. The van der Waals surface area contributed by atoms with Gasteiger partial charge in [0.1, 0.15) is 11.5 Å². The summed E-state index contributed by atoms with van der Waals surface area (Å²) in [4.78, 5) is 20.2. The highest BCUT2D eigenvalue weighted by Crippen LogP contribution is 2.27. The molecule has 3 aromatic heterocycles. The van der Waals surface area contributed by atoms with E-state index in [0.29, 0.717) is 5.39 Å². The number of fused-ring (bicyclic) bond motifs is 3. The highest BCUT2D eigenvalue weighted by molar-refractivity contribution is 5.86. The third kappa shape index (κ3) is 3.39. The Balaban J connectivity index is 1.46. The number of hydrogen-bond donors (Lipinski definition) is 0. The smallest absolute Gasteiger partial charge is 0.261 e. The van der Waals surface area contributed by atoms with Crippen molar-refractivity contribution in [3.05, 3.63) is 83.3 Å². The van der Waals surface area contributed by atoms with Crippen LogP contribution in [0.4, 0.5) is 5.82 Å². The number of nitrogens with zero attached hydrogens (tertiary/aromatic N) is 5. The first-order chi connectivity index (χ1) is 16.2. The van der Waals surface area contributed by atoms with Gasteiger partial charge in [-0.3, -0.25) is 9.36 Å². The van der Waals surface area contributed by atoms with Gasteiger partial charge in [0.2, 0.25) is 0 Å². The second-order valence-corrected chi connectivity index (χ2v) is 8.71. The fraction of sp³-hybridized carbons (Fsp3) is 0.222. The second-order valence-electron chi connectivity index (χ2n) is 8.71. The van der Waals surface area contributed by atoms with Gasteiger partial charge < -0.3 is 4.90 Å². The molecule has 1 fully saturated rings.